The molecule has 0 fully saturated rings. The Bertz CT molecular complexity index is 307. The first-order chi connectivity index (χ1) is 6.92. The lowest BCUT2D eigenvalue weighted by Gasteiger charge is -2.28. The Morgan fingerprint density at radius 1 is 1.13 bits per heavy atom. The van der Waals surface area contributed by atoms with E-state index in [1.54, 1.807) is 19.1 Å². The third-order valence-corrected chi connectivity index (χ3v) is 2.21. The van der Waals surface area contributed by atoms with Crippen LogP contribution in [-0.2, 0) is 0 Å². The highest BCUT2D eigenvalue weighted by atomic mass is 19.4. The average molecular weight is 216 g/mol. The summed E-state index contributed by atoms with van der Waals surface area (Å²) < 4.78 is 36.8. The molecule has 15 heavy (non-hydrogen) atoms. The second kappa shape index (κ2) is 4.60. The maximum Gasteiger partial charge on any atom is 0.497 e. The van der Waals surface area contributed by atoms with Gasteiger partial charge < -0.3 is 17.8 Å². The van der Waals surface area contributed by atoms with E-state index in [2.05, 4.69) is 0 Å². The zero-order valence-electron chi connectivity index (χ0n) is 8.88. The highest BCUT2D eigenvalue weighted by Gasteiger charge is 2.25. The topological polar surface area (TPSA) is 3.24 Å². The van der Waals surface area contributed by atoms with E-state index in [-0.39, 0.29) is 0 Å². The van der Waals surface area contributed by atoms with E-state index in [0.29, 0.717) is 12.2 Å². The van der Waals surface area contributed by atoms with Crippen LogP contribution in [0.2, 0.25) is 0 Å². The van der Waals surface area contributed by atoms with Crippen molar-refractivity contribution in [1.82, 2.24) is 0 Å². The van der Waals surface area contributed by atoms with Gasteiger partial charge in [-0.1, -0.05) is 17.7 Å². The number of hydrogen-bond donors (Lipinski definition) is 0. The van der Waals surface area contributed by atoms with Crippen molar-refractivity contribution in [3.8, 4) is 0 Å². The standard InChI is InChI=1S/C10H14BF3N/c1-3-15(8-11(12,13)14)10-6-4-9(2)5-7-10/h4-7H,3,8H2,1-2H3/q-1. The third kappa shape index (κ3) is 3.85. The fourth-order valence-corrected chi connectivity index (χ4v) is 1.42. The average Bonchev–Trinajstić information content (AvgIpc) is 2.14. The maximum atomic E-state index is 12.3. The van der Waals surface area contributed by atoms with Gasteiger partial charge in [0.1, 0.15) is 0 Å². The lowest BCUT2D eigenvalue weighted by atomic mass is 9.91. The molecule has 0 radical (unpaired) electrons. The van der Waals surface area contributed by atoms with Crippen LogP contribution in [0.1, 0.15) is 12.5 Å². The molecule has 0 saturated carbocycles. The summed E-state index contributed by atoms with van der Waals surface area (Å²) in [7, 11) is 0. The second-order valence-corrected chi connectivity index (χ2v) is 3.58. The Labute approximate surface area is 88.0 Å². The molecule has 0 aliphatic heterocycles. The van der Waals surface area contributed by atoms with Crippen LogP contribution >= 0.6 is 0 Å². The predicted molar refractivity (Wildman–Crippen MR) is 58.1 cm³/mol. The molecule has 84 valence electrons. The molecule has 0 aromatic heterocycles. The van der Waals surface area contributed by atoms with Gasteiger partial charge in [-0.2, -0.15) is 0 Å². The van der Waals surface area contributed by atoms with Crippen LogP contribution in [0.3, 0.4) is 0 Å². The fraction of sp³-hybridized carbons (Fsp3) is 0.400. The molecule has 1 aromatic carbocycles. The van der Waals surface area contributed by atoms with Crippen LogP contribution in [0.4, 0.5) is 18.6 Å². The van der Waals surface area contributed by atoms with Gasteiger partial charge >= 0.3 is 6.98 Å². The normalized spacial score (nSPS) is 11.5. The zero-order valence-corrected chi connectivity index (χ0v) is 8.88. The molecule has 0 spiro atoms. The molecule has 1 nitrogen and oxygen atoms in total. The van der Waals surface area contributed by atoms with E-state index >= 15 is 0 Å². The van der Waals surface area contributed by atoms with E-state index < -0.39 is 13.4 Å². The Morgan fingerprint density at radius 2 is 1.67 bits per heavy atom. The first-order valence-electron chi connectivity index (χ1n) is 4.95. The Balaban J connectivity index is 2.79. The van der Waals surface area contributed by atoms with E-state index in [1.807, 2.05) is 19.1 Å². The van der Waals surface area contributed by atoms with Crippen molar-refractivity contribution < 1.29 is 12.9 Å². The van der Waals surface area contributed by atoms with Crippen molar-refractivity contribution in [2.24, 2.45) is 0 Å². The summed E-state index contributed by atoms with van der Waals surface area (Å²) in [6.07, 6.45) is -0.834. The van der Waals surface area contributed by atoms with Crippen LogP contribution in [0, 0.1) is 6.92 Å². The minimum Gasteiger partial charge on any atom is -0.448 e. The van der Waals surface area contributed by atoms with E-state index in [0.717, 1.165) is 5.56 Å². The Kier molecular flexibility index (Phi) is 3.66. The number of hydrogen-bond acceptors (Lipinski definition) is 1. The minimum absolute atomic E-state index is 0.365. The summed E-state index contributed by atoms with van der Waals surface area (Å²) in [6.45, 7) is -0.764. The van der Waals surface area contributed by atoms with Crippen LogP contribution in [0.15, 0.2) is 24.3 Å². The molecule has 0 unspecified atom stereocenters. The van der Waals surface area contributed by atoms with Crippen LogP contribution in [0.25, 0.3) is 0 Å². The molecule has 0 bridgehead atoms. The summed E-state index contributed by atoms with van der Waals surface area (Å²) in [5.74, 6) is 0. The van der Waals surface area contributed by atoms with Crippen molar-refractivity contribution >= 4 is 12.7 Å². The van der Waals surface area contributed by atoms with Crippen LogP contribution in [0.5, 0.6) is 0 Å². The molecule has 0 aliphatic carbocycles. The van der Waals surface area contributed by atoms with Gasteiger partial charge in [-0.05, 0) is 32.4 Å². The van der Waals surface area contributed by atoms with Gasteiger partial charge in [-0.25, -0.2) is 0 Å². The molecule has 0 aliphatic rings. The maximum absolute atomic E-state index is 12.3. The summed E-state index contributed by atoms with van der Waals surface area (Å²) in [5.41, 5.74) is 1.68. The number of rotatable bonds is 4. The number of aryl methyl sites for hydroxylation is 1. The molecule has 0 amide bonds. The molecule has 0 saturated heterocycles. The Morgan fingerprint density at radius 3 is 2.07 bits per heavy atom. The number of benzene rings is 1. The first kappa shape index (κ1) is 11.9. The molecule has 1 rings (SSSR count). The second-order valence-electron chi connectivity index (χ2n) is 3.58. The number of nitrogens with zero attached hydrogens (tertiary/aromatic N) is 1. The quantitative estimate of drug-likeness (QED) is 0.698. The highest BCUT2D eigenvalue weighted by Crippen LogP contribution is 2.19. The summed E-state index contributed by atoms with van der Waals surface area (Å²) in [6, 6.07) is 7.09. The molecule has 5 heteroatoms. The fourth-order valence-electron chi connectivity index (χ4n) is 1.42. The molecule has 0 N–H and O–H groups in total. The predicted octanol–water partition coefficient (Wildman–Crippen LogP) is 3.21. The van der Waals surface area contributed by atoms with Gasteiger partial charge in [0, 0.05) is 12.2 Å². The molecule has 0 atom stereocenters. The Hall–Kier alpha value is -1.13. The van der Waals surface area contributed by atoms with Crippen molar-refractivity contribution in [3.05, 3.63) is 29.8 Å². The van der Waals surface area contributed by atoms with Gasteiger partial charge in [0.05, 0.1) is 0 Å². The largest absolute Gasteiger partial charge is 0.497 e. The molecular weight excluding hydrogens is 202 g/mol. The zero-order chi connectivity index (χ0) is 11.5. The first-order valence-corrected chi connectivity index (χ1v) is 4.95. The van der Waals surface area contributed by atoms with E-state index in [1.165, 1.54) is 4.90 Å². The summed E-state index contributed by atoms with van der Waals surface area (Å²) >= 11 is 0. The molecular formula is C10H14BF3N-. The number of anilines is 1. The minimum atomic E-state index is -4.76. The molecule has 1 aromatic rings. The van der Waals surface area contributed by atoms with Gasteiger partial charge in [0.2, 0.25) is 0 Å². The van der Waals surface area contributed by atoms with E-state index in [4.69, 9.17) is 0 Å². The third-order valence-electron chi connectivity index (χ3n) is 2.21. The highest BCUT2D eigenvalue weighted by molar-refractivity contribution is 6.59. The van der Waals surface area contributed by atoms with Gasteiger partial charge in [0.25, 0.3) is 0 Å². The number of halogens is 3. The SMILES string of the molecule is CCN(C[B-](F)(F)F)c1ccc(C)cc1. The van der Waals surface area contributed by atoms with Gasteiger partial charge in [-0.15, -0.1) is 0 Å². The smallest absolute Gasteiger partial charge is 0.448 e. The van der Waals surface area contributed by atoms with Crippen molar-refractivity contribution in [1.29, 1.82) is 0 Å². The van der Waals surface area contributed by atoms with E-state index in [9.17, 15) is 12.9 Å². The van der Waals surface area contributed by atoms with Gasteiger partial charge in [0.15, 0.2) is 0 Å². The van der Waals surface area contributed by atoms with Crippen LogP contribution in [-0.4, -0.2) is 20.0 Å². The monoisotopic (exact) mass is 216 g/mol. The van der Waals surface area contributed by atoms with Crippen molar-refractivity contribution in [2.45, 2.75) is 13.8 Å². The van der Waals surface area contributed by atoms with Crippen molar-refractivity contribution in [2.75, 3.05) is 17.9 Å². The lowest BCUT2D eigenvalue weighted by molar-refractivity contribution is 0.467. The van der Waals surface area contributed by atoms with Crippen molar-refractivity contribution in [3.63, 3.8) is 0 Å². The summed E-state index contributed by atoms with van der Waals surface area (Å²) in [5, 5.41) is 0. The van der Waals surface area contributed by atoms with Crippen LogP contribution < -0.4 is 4.90 Å². The molecule has 0 heterocycles. The van der Waals surface area contributed by atoms with Gasteiger partial charge in [-0.3, -0.25) is 0 Å². The lowest BCUT2D eigenvalue weighted by Crippen LogP contribution is -2.37. The summed E-state index contributed by atoms with van der Waals surface area (Å²) in [4.78, 5) is 1.33.